The molecule has 0 spiro atoms. The average Bonchev–Trinajstić information content (AvgIpc) is 3.15. The van der Waals surface area contributed by atoms with Gasteiger partial charge >= 0.3 is 0 Å². The van der Waals surface area contributed by atoms with E-state index in [0.717, 1.165) is 17.3 Å². The molecule has 37 heavy (non-hydrogen) atoms. The molecule has 0 radical (unpaired) electrons. The van der Waals surface area contributed by atoms with Gasteiger partial charge in [-0.25, -0.2) is 19.3 Å². The van der Waals surface area contributed by atoms with Crippen molar-refractivity contribution in [1.82, 2.24) is 24.3 Å². The number of fused-ring (bicyclic) bond motifs is 1. The number of aromatic nitrogens is 5. The summed E-state index contributed by atoms with van der Waals surface area (Å²) in [5, 5.41) is 3.75. The summed E-state index contributed by atoms with van der Waals surface area (Å²) in [6.07, 6.45) is 8.41. The lowest BCUT2D eigenvalue weighted by atomic mass is 9.79. The summed E-state index contributed by atoms with van der Waals surface area (Å²) >= 11 is 0. The fraction of sp³-hybridized carbons (Fsp3) is 0.379. The molecule has 4 aromatic rings. The molecular weight excluding hydrogens is 464 g/mol. The zero-order chi connectivity index (χ0) is 25.4. The summed E-state index contributed by atoms with van der Waals surface area (Å²) in [5.74, 6) is 2.82. The number of rotatable bonds is 7. The monoisotopic (exact) mass is 496 g/mol. The SMILES string of the molecule is C=CCn1c(=O)c2cnc(Nc3ccc(C4CCC(C)CC4)cc3)nc2n1-c1cccc(C2COC2)n1. The topological polar surface area (TPSA) is 86.9 Å². The Bertz CT molecular complexity index is 1480. The van der Waals surface area contributed by atoms with Crippen molar-refractivity contribution < 1.29 is 4.74 Å². The van der Waals surface area contributed by atoms with E-state index < -0.39 is 0 Å². The Morgan fingerprint density at radius 1 is 1.05 bits per heavy atom. The van der Waals surface area contributed by atoms with Gasteiger partial charge in [0.05, 0.1) is 25.5 Å². The maximum Gasteiger partial charge on any atom is 0.278 e. The Morgan fingerprint density at radius 3 is 2.54 bits per heavy atom. The van der Waals surface area contributed by atoms with E-state index in [9.17, 15) is 4.79 Å². The second-order valence-electron chi connectivity index (χ2n) is 10.3. The Hall–Kier alpha value is -3.78. The summed E-state index contributed by atoms with van der Waals surface area (Å²) in [7, 11) is 0. The van der Waals surface area contributed by atoms with E-state index in [1.807, 2.05) is 18.2 Å². The van der Waals surface area contributed by atoms with Crippen LogP contribution in [-0.2, 0) is 11.3 Å². The van der Waals surface area contributed by atoms with Crippen LogP contribution in [0.5, 0.6) is 0 Å². The van der Waals surface area contributed by atoms with Crippen LogP contribution in [0.2, 0.25) is 0 Å². The van der Waals surface area contributed by atoms with Gasteiger partial charge in [-0.1, -0.05) is 44.0 Å². The van der Waals surface area contributed by atoms with Crippen LogP contribution in [0.3, 0.4) is 0 Å². The van der Waals surface area contributed by atoms with Gasteiger partial charge in [-0.2, -0.15) is 4.98 Å². The standard InChI is InChI=1S/C29H32N6O2/c1-3-15-34-28(36)24-16-30-29(31-23-13-11-21(12-14-23)20-9-7-19(2)8-10-20)33-27(24)35(34)26-6-4-5-25(32-26)22-17-37-18-22/h3-6,11-14,16,19-20,22H,1,7-10,15,17-18H2,2H3,(H,30,31,33). The van der Waals surface area contributed by atoms with Gasteiger partial charge in [0.25, 0.3) is 5.56 Å². The second kappa shape index (κ2) is 9.94. The molecule has 190 valence electrons. The average molecular weight is 497 g/mol. The first-order chi connectivity index (χ1) is 18.1. The maximum atomic E-state index is 13.2. The second-order valence-corrected chi connectivity index (χ2v) is 10.3. The van der Waals surface area contributed by atoms with Gasteiger partial charge in [0.2, 0.25) is 5.95 Å². The molecule has 0 amide bonds. The first-order valence-corrected chi connectivity index (χ1v) is 13.1. The summed E-state index contributed by atoms with van der Waals surface area (Å²) in [6, 6.07) is 14.4. The number of pyridine rings is 1. The molecule has 1 saturated carbocycles. The Balaban J connectivity index is 1.33. The number of nitrogens with zero attached hydrogens (tertiary/aromatic N) is 5. The lowest BCUT2D eigenvalue weighted by molar-refractivity contribution is 0.00670. The fourth-order valence-electron chi connectivity index (χ4n) is 5.36. The van der Waals surface area contributed by atoms with E-state index in [2.05, 4.69) is 48.1 Å². The molecule has 1 saturated heterocycles. The van der Waals surface area contributed by atoms with Crippen LogP contribution in [0, 0.1) is 5.92 Å². The molecule has 8 heteroatoms. The smallest absolute Gasteiger partial charge is 0.278 e. The maximum absolute atomic E-state index is 13.2. The summed E-state index contributed by atoms with van der Waals surface area (Å²) < 4.78 is 8.71. The van der Waals surface area contributed by atoms with Crippen molar-refractivity contribution in [2.24, 2.45) is 5.92 Å². The molecule has 1 aromatic carbocycles. The van der Waals surface area contributed by atoms with Gasteiger partial charge in [-0.15, -0.1) is 6.58 Å². The van der Waals surface area contributed by atoms with Crippen LogP contribution >= 0.6 is 0 Å². The van der Waals surface area contributed by atoms with Crippen molar-refractivity contribution >= 4 is 22.7 Å². The van der Waals surface area contributed by atoms with E-state index in [1.54, 1.807) is 21.6 Å². The minimum absolute atomic E-state index is 0.174. The van der Waals surface area contributed by atoms with Gasteiger partial charge in [-0.05, 0) is 54.5 Å². The van der Waals surface area contributed by atoms with Gasteiger partial charge < -0.3 is 10.1 Å². The lowest BCUT2D eigenvalue weighted by Crippen LogP contribution is -2.27. The van der Waals surface area contributed by atoms with Gasteiger partial charge in [-0.3, -0.25) is 4.79 Å². The number of ether oxygens (including phenoxy) is 1. The van der Waals surface area contributed by atoms with Crippen LogP contribution in [0.15, 0.2) is 66.1 Å². The number of anilines is 2. The molecule has 1 aliphatic heterocycles. The third-order valence-electron chi connectivity index (χ3n) is 7.66. The highest BCUT2D eigenvalue weighted by atomic mass is 16.5. The van der Waals surface area contributed by atoms with E-state index in [0.29, 0.717) is 48.5 Å². The molecule has 8 nitrogen and oxygen atoms in total. The number of benzene rings is 1. The molecule has 3 aromatic heterocycles. The first-order valence-electron chi connectivity index (χ1n) is 13.1. The van der Waals surface area contributed by atoms with Crippen LogP contribution in [-0.4, -0.2) is 37.5 Å². The lowest BCUT2D eigenvalue weighted by Gasteiger charge is -2.26. The molecule has 2 aliphatic rings. The molecule has 0 bridgehead atoms. The predicted molar refractivity (Wildman–Crippen MR) is 145 cm³/mol. The van der Waals surface area contributed by atoms with Crippen LogP contribution in [0.1, 0.15) is 55.7 Å². The van der Waals surface area contributed by atoms with Crippen molar-refractivity contribution in [3.05, 3.63) is 82.9 Å². The van der Waals surface area contributed by atoms with Crippen molar-refractivity contribution in [3.8, 4) is 5.82 Å². The van der Waals surface area contributed by atoms with Crippen molar-refractivity contribution in [1.29, 1.82) is 0 Å². The highest BCUT2D eigenvalue weighted by Gasteiger charge is 2.24. The Kier molecular flexibility index (Phi) is 6.34. The minimum Gasteiger partial charge on any atom is -0.380 e. The highest BCUT2D eigenvalue weighted by Crippen LogP contribution is 2.36. The van der Waals surface area contributed by atoms with E-state index in [4.69, 9.17) is 14.7 Å². The normalized spacial score (nSPS) is 20.0. The number of hydrogen-bond donors (Lipinski definition) is 1. The van der Waals surface area contributed by atoms with Gasteiger partial charge in [0.15, 0.2) is 11.5 Å². The third-order valence-corrected chi connectivity index (χ3v) is 7.66. The van der Waals surface area contributed by atoms with E-state index in [1.165, 1.54) is 31.2 Å². The van der Waals surface area contributed by atoms with E-state index in [-0.39, 0.29) is 11.5 Å². The van der Waals surface area contributed by atoms with Crippen LogP contribution in [0.25, 0.3) is 16.9 Å². The van der Waals surface area contributed by atoms with Crippen molar-refractivity contribution in [3.63, 3.8) is 0 Å². The summed E-state index contributed by atoms with van der Waals surface area (Å²) in [4.78, 5) is 27.3. The fourth-order valence-corrected chi connectivity index (χ4v) is 5.36. The van der Waals surface area contributed by atoms with Crippen molar-refractivity contribution in [2.45, 2.75) is 51.0 Å². The molecule has 2 fully saturated rings. The summed E-state index contributed by atoms with van der Waals surface area (Å²) in [5.41, 5.74) is 3.59. The molecular formula is C29H32N6O2. The third kappa shape index (κ3) is 4.57. The van der Waals surface area contributed by atoms with Crippen LogP contribution < -0.4 is 10.9 Å². The summed E-state index contributed by atoms with van der Waals surface area (Å²) in [6.45, 7) is 7.84. The molecule has 4 heterocycles. The zero-order valence-corrected chi connectivity index (χ0v) is 21.1. The van der Waals surface area contributed by atoms with E-state index >= 15 is 0 Å². The Morgan fingerprint density at radius 2 is 1.84 bits per heavy atom. The predicted octanol–water partition coefficient (Wildman–Crippen LogP) is 5.31. The molecule has 1 aliphatic carbocycles. The van der Waals surface area contributed by atoms with Crippen molar-refractivity contribution in [2.75, 3.05) is 18.5 Å². The van der Waals surface area contributed by atoms with Gasteiger partial charge in [0.1, 0.15) is 5.39 Å². The van der Waals surface area contributed by atoms with Crippen LogP contribution in [0.4, 0.5) is 11.6 Å². The molecule has 6 rings (SSSR count). The molecule has 1 N–H and O–H groups in total. The molecule has 0 atom stereocenters. The number of allylic oxidation sites excluding steroid dienone is 1. The largest absolute Gasteiger partial charge is 0.380 e. The highest BCUT2D eigenvalue weighted by molar-refractivity contribution is 5.77. The quantitative estimate of drug-likeness (QED) is 0.349. The first kappa shape index (κ1) is 23.6. The van der Waals surface area contributed by atoms with Gasteiger partial charge in [0, 0.05) is 17.8 Å². The minimum atomic E-state index is -0.174. The Labute approximate surface area is 216 Å². The number of nitrogens with one attached hydrogen (secondary N) is 1. The zero-order valence-electron chi connectivity index (χ0n) is 21.1. The molecule has 0 unspecified atom stereocenters. The number of hydrogen-bond acceptors (Lipinski definition) is 6.